The molecule has 0 spiro atoms. The summed E-state index contributed by atoms with van der Waals surface area (Å²) in [5.74, 6) is 0.758. The maximum Gasteiger partial charge on any atom is 0.167 e. The lowest BCUT2D eigenvalue weighted by atomic mass is 10.0. The van der Waals surface area contributed by atoms with Crippen molar-refractivity contribution in [3.05, 3.63) is 60.6 Å². The Labute approximate surface area is 144 Å². The molecule has 104 valence electrons. The SMILES string of the molecule is COc1ccc(Br)c(CC(=O)c2ccc(I)c(Cl)c2)c1. The monoisotopic (exact) mass is 464 g/mol. The molecule has 2 aromatic rings. The molecule has 0 atom stereocenters. The molecule has 2 aromatic carbocycles. The highest BCUT2D eigenvalue weighted by Crippen LogP contribution is 2.25. The number of carbonyl (C=O) groups excluding carboxylic acids is 1. The van der Waals surface area contributed by atoms with E-state index in [1.807, 2.05) is 24.3 Å². The topological polar surface area (TPSA) is 26.3 Å². The zero-order chi connectivity index (χ0) is 14.7. The van der Waals surface area contributed by atoms with Gasteiger partial charge in [-0.15, -0.1) is 0 Å². The summed E-state index contributed by atoms with van der Waals surface area (Å²) in [5.41, 5.74) is 1.51. The van der Waals surface area contributed by atoms with E-state index < -0.39 is 0 Å². The standard InChI is InChI=1S/C15H11BrClIO2/c1-20-11-3-4-12(16)10(6-11)8-15(19)9-2-5-14(18)13(17)7-9/h2-7H,8H2,1H3. The molecule has 0 saturated carbocycles. The van der Waals surface area contributed by atoms with Crippen LogP contribution in [0.3, 0.4) is 0 Å². The molecule has 0 aromatic heterocycles. The maximum absolute atomic E-state index is 12.3. The second-order valence-electron chi connectivity index (χ2n) is 4.19. The fourth-order valence-electron chi connectivity index (χ4n) is 1.76. The number of rotatable bonds is 4. The smallest absolute Gasteiger partial charge is 0.167 e. The van der Waals surface area contributed by atoms with Crippen molar-refractivity contribution in [3.8, 4) is 5.75 Å². The highest BCUT2D eigenvalue weighted by Gasteiger charge is 2.12. The Kier molecular flexibility index (Phi) is 5.46. The summed E-state index contributed by atoms with van der Waals surface area (Å²) in [6, 6.07) is 10.9. The van der Waals surface area contributed by atoms with Gasteiger partial charge in [0.2, 0.25) is 0 Å². The summed E-state index contributed by atoms with van der Waals surface area (Å²) in [6.07, 6.45) is 0.300. The number of benzene rings is 2. The van der Waals surface area contributed by atoms with E-state index in [0.717, 1.165) is 19.4 Å². The van der Waals surface area contributed by atoms with Crippen molar-refractivity contribution in [2.24, 2.45) is 0 Å². The Morgan fingerprint density at radius 3 is 2.70 bits per heavy atom. The molecule has 5 heteroatoms. The fourth-order valence-corrected chi connectivity index (χ4v) is 2.66. The van der Waals surface area contributed by atoms with E-state index in [0.29, 0.717) is 17.0 Å². The van der Waals surface area contributed by atoms with Gasteiger partial charge in [-0.3, -0.25) is 4.79 Å². The van der Waals surface area contributed by atoms with E-state index >= 15 is 0 Å². The molecule has 0 unspecified atom stereocenters. The summed E-state index contributed by atoms with van der Waals surface area (Å²) in [7, 11) is 1.60. The van der Waals surface area contributed by atoms with Crippen LogP contribution in [-0.4, -0.2) is 12.9 Å². The summed E-state index contributed by atoms with van der Waals surface area (Å²) in [6.45, 7) is 0. The van der Waals surface area contributed by atoms with Gasteiger partial charge in [0, 0.05) is 20.0 Å². The van der Waals surface area contributed by atoms with Gasteiger partial charge in [-0.1, -0.05) is 33.6 Å². The number of halogens is 3. The summed E-state index contributed by atoms with van der Waals surface area (Å²) in [5, 5.41) is 0.598. The average molecular weight is 466 g/mol. The number of ketones is 1. The Morgan fingerprint density at radius 2 is 2.05 bits per heavy atom. The Morgan fingerprint density at radius 1 is 1.30 bits per heavy atom. The lowest BCUT2D eigenvalue weighted by molar-refractivity contribution is 0.0993. The summed E-state index contributed by atoms with van der Waals surface area (Å²) < 4.78 is 7.00. The van der Waals surface area contributed by atoms with Gasteiger partial charge in [-0.25, -0.2) is 0 Å². The van der Waals surface area contributed by atoms with E-state index in [1.54, 1.807) is 19.2 Å². The minimum absolute atomic E-state index is 0.0252. The molecule has 0 aliphatic heterocycles. The molecule has 0 aliphatic rings. The third kappa shape index (κ3) is 3.74. The van der Waals surface area contributed by atoms with Gasteiger partial charge in [0.1, 0.15) is 5.75 Å². The first-order chi connectivity index (χ1) is 9.51. The predicted molar refractivity (Wildman–Crippen MR) is 92.9 cm³/mol. The quantitative estimate of drug-likeness (QED) is 0.462. The van der Waals surface area contributed by atoms with Gasteiger partial charge in [0.15, 0.2) is 5.78 Å². The van der Waals surface area contributed by atoms with Crippen LogP contribution in [0.15, 0.2) is 40.9 Å². The van der Waals surface area contributed by atoms with Crippen LogP contribution in [-0.2, 0) is 6.42 Å². The highest BCUT2D eigenvalue weighted by atomic mass is 127. The molecule has 0 heterocycles. The average Bonchev–Trinajstić information content (AvgIpc) is 2.44. The van der Waals surface area contributed by atoms with Crippen molar-refractivity contribution in [1.82, 2.24) is 0 Å². The van der Waals surface area contributed by atoms with Crippen molar-refractivity contribution < 1.29 is 9.53 Å². The Bertz CT molecular complexity index is 658. The molecular weight excluding hydrogens is 454 g/mol. The minimum Gasteiger partial charge on any atom is -0.497 e. The van der Waals surface area contributed by atoms with E-state index in [1.165, 1.54) is 0 Å². The van der Waals surface area contributed by atoms with Crippen molar-refractivity contribution >= 4 is 55.9 Å². The molecule has 20 heavy (non-hydrogen) atoms. The van der Waals surface area contributed by atoms with Crippen LogP contribution in [0, 0.1) is 3.57 Å². The largest absolute Gasteiger partial charge is 0.497 e. The Hall–Kier alpha value is -0.590. The molecule has 0 radical (unpaired) electrons. The van der Waals surface area contributed by atoms with Gasteiger partial charge in [0.05, 0.1) is 12.1 Å². The molecular formula is C15H11BrClIO2. The molecule has 0 bridgehead atoms. The van der Waals surface area contributed by atoms with Gasteiger partial charge in [-0.2, -0.15) is 0 Å². The molecule has 2 rings (SSSR count). The van der Waals surface area contributed by atoms with Crippen molar-refractivity contribution in [2.45, 2.75) is 6.42 Å². The van der Waals surface area contributed by atoms with Crippen molar-refractivity contribution in [1.29, 1.82) is 0 Å². The number of Topliss-reactive ketones (excluding diaryl/α,β-unsaturated/α-hetero) is 1. The summed E-state index contributed by atoms with van der Waals surface area (Å²) >= 11 is 11.6. The van der Waals surface area contributed by atoms with Gasteiger partial charge in [0.25, 0.3) is 0 Å². The van der Waals surface area contributed by atoms with E-state index in [9.17, 15) is 4.79 Å². The number of methoxy groups -OCH3 is 1. The predicted octanol–water partition coefficient (Wildman–Crippen LogP) is 5.14. The number of ether oxygens (including phenoxy) is 1. The molecule has 0 saturated heterocycles. The zero-order valence-electron chi connectivity index (χ0n) is 10.6. The molecule has 0 aliphatic carbocycles. The number of hydrogen-bond acceptors (Lipinski definition) is 2. The van der Waals surface area contributed by atoms with Crippen LogP contribution in [0.2, 0.25) is 5.02 Å². The number of carbonyl (C=O) groups is 1. The normalized spacial score (nSPS) is 10.4. The van der Waals surface area contributed by atoms with Crippen LogP contribution in [0.5, 0.6) is 5.75 Å². The zero-order valence-corrected chi connectivity index (χ0v) is 15.1. The van der Waals surface area contributed by atoms with Gasteiger partial charge < -0.3 is 4.74 Å². The lowest BCUT2D eigenvalue weighted by Gasteiger charge is -2.07. The van der Waals surface area contributed by atoms with Crippen molar-refractivity contribution in [2.75, 3.05) is 7.11 Å². The molecule has 0 amide bonds. The minimum atomic E-state index is 0.0252. The van der Waals surface area contributed by atoms with Crippen LogP contribution < -0.4 is 4.74 Å². The fraction of sp³-hybridized carbons (Fsp3) is 0.133. The first-order valence-electron chi connectivity index (χ1n) is 5.82. The van der Waals surface area contributed by atoms with E-state index in [-0.39, 0.29) is 5.78 Å². The molecule has 0 fully saturated rings. The second kappa shape index (κ2) is 6.91. The van der Waals surface area contributed by atoms with Crippen LogP contribution in [0.1, 0.15) is 15.9 Å². The molecule has 0 N–H and O–H groups in total. The van der Waals surface area contributed by atoms with Gasteiger partial charge >= 0.3 is 0 Å². The second-order valence-corrected chi connectivity index (χ2v) is 6.61. The number of hydrogen-bond donors (Lipinski definition) is 0. The third-order valence-corrected chi connectivity index (χ3v) is 5.19. The van der Waals surface area contributed by atoms with Crippen molar-refractivity contribution in [3.63, 3.8) is 0 Å². The van der Waals surface area contributed by atoms with Crippen LogP contribution in [0.25, 0.3) is 0 Å². The van der Waals surface area contributed by atoms with E-state index in [4.69, 9.17) is 16.3 Å². The van der Waals surface area contributed by atoms with E-state index in [2.05, 4.69) is 38.5 Å². The van der Waals surface area contributed by atoms with Crippen LogP contribution >= 0.6 is 50.1 Å². The third-order valence-electron chi connectivity index (χ3n) is 2.85. The maximum atomic E-state index is 12.3. The first kappa shape index (κ1) is 15.8. The van der Waals surface area contributed by atoms with Crippen LogP contribution in [0.4, 0.5) is 0 Å². The lowest BCUT2D eigenvalue weighted by Crippen LogP contribution is -2.04. The molecule has 2 nitrogen and oxygen atoms in total. The summed E-state index contributed by atoms with van der Waals surface area (Å²) in [4.78, 5) is 12.3. The van der Waals surface area contributed by atoms with Gasteiger partial charge in [-0.05, 0) is 58.5 Å². The highest BCUT2D eigenvalue weighted by molar-refractivity contribution is 14.1. The Balaban J connectivity index is 2.25. The first-order valence-corrected chi connectivity index (χ1v) is 8.07.